The second-order valence-corrected chi connectivity index (χ2v) is 5.37. The van der Waals surface area contributed by atoms with Gasteiger partial charge in [-0.15, -0.1) is 0 Å². The molecule has 20 heavy (non-hydrogen) atoms. The van der Waals surface area contributed by atoms with Crippen LogP contribution in [0.2, 0.25) is 0 Å². The third-order valence-corrected chi connectivity index (χ3v) is 3.67. The number of nitrogens with two attached hydrogens (primary N) is 1. The van der Waals surface area contributed by atoms with Gasteiger partial charge < -0.3 is 4.74 Å². The van der Waals surface area contributed by atoms with Crippen LogP contribution in [0.5, 0.6) is 5.75 Å². The Morgan fingerprint density at radius 2 is 2.30 bits per heavy atom. The molecule has 110 valence electrons. The average Bonchev–Trinajstić information content (AvgIpc) is 2.47. The summed E-state index contributed by atoms with van der Waals surface area (Å²) in [5, 5.41) is 0. The number of carbonyl (C=O) groups is 1. The number of rotatable bonds is 5. The monoisotopic (exact) mass is 277 g/mol. The molecule has 1 aromatic carbocycles. The highest BCUT2D eigenvalue weighted by Gasteiger charge is 2.16. The number of hydrogen-bond acceptors (Lipinski definition) is 4. The van der Waals surface area contributed by atoms with Gasteiger partial charge in [0.05, 0.1) is 5.56 Å². The van der Waals surface area contributed by atoms with Gasteiger partial charge in [0.25, 0.3) is 5.91 Å². The molecule has 5 heteroatoms. The summed E-state index contributed by atoms with van der Waals surface area (Å²) in [5.74, 6) is 6.19. The van der Waals surface area contributed by atoms with Crippen LogP contribution in [-0.4, -0.2) is 37.0 Å². The minimum absolute atomic E-state index is 0.327. The molecule has 3 N–H and O–H groups in total. The fraction of sp³-hybridized carbons (Fsp3) is 0.533. The number of piperidine rings is 1. The predicted octanol–water partition coefficient (Wildman–Crippen LogP) is 1.40. The minimum atomic E-state index is -0.327. The summed E-state index contributed by atoms with van der Waals surface area (Å²) >= 11 is 0. The molecule has 1 fully saturated rings. The van der Waals surface area contributed by atoms with Crippen LogP contribution in [0.15, 0.2) is 24.3 Å². The molecule has 5 nitrogen and oxygen atoms in total. The van der Waals surface area contributed by atoms with Crippen molar-refractivity contribution in [3.8, 4) is 5.75 Å². The summed E-state index contributed by atoms with van der Waals surface area (Å²) in [6, 6.07) is 7.15. The summed E-state index contributed by atoms with van der Waals surface area (Å²) in [6.07, 6.45) is 2.57. The van der Waals surface area contributed by atoms with Gasteiger partial charge in [0.15, 0.2) is 0 Å². The third kappa shape index (κ3) is 3.95. The maximum absolute atomic E-state index is 11.6. The first-order valence-corrected chi connectivity index (χ1v) is 7.16. The maximum Gasteiger partial charge on any atom is 0.268 e. The molecule has 2 rings (SSSR count). The first kappa shape index (κ1) is 14.8. The Kier molecular flexibility index (Phi) is 5.38. The number of benzene rings is 1. The molecule has 1 unspecified atom stereocenters. The number of amides is 1. The summed E-state index contributed by atoms with van der Waals surface area (Å²) < 4.78 is 5.74. The number of hydrazine groups is 1. The summed E-state index contributed by atoms with van der Waals surface area (Å²) in [7, 11) is 0. The Morgan fingerprint density at radius 1 is 1.50 bits per heavy atom. The van der Waals surface area contributed by atoms with E-state index in [9.17, 15) is 4.79 Å². The predicted molar refractivity (Wildman–Crippen MR) is 78.4 cm³/mol. The smallest absolute Gasteiger partial charge is 0.268 e. The van der Waals surface area contributed by atoms with Gasteiger partial charge in [0.2, 0.25) is 0 Å². The lowest BCUT2D eigenvalue weighted by atomic mass is 10.0. The number of likely N-dealkylation sites (tertiary alicyclic amines) is 1. The number of nitrogen functional groups attached to an aromatic ring is 1. The molecule has 1 heterocycles. The number of nitrogens with zero attached hydrogens (tertiary/aromatic N) is 1. The second kappa shape index (κ2) is 7.26. The van der Waals surface area contributed by atoms with Crippen molar-refractivity contribution in [2.45, 2.75) is 19.8 Å². The Morgan fingerprint density at radius 3 is 3.05 bits per heavy atom. The van der Waals surface area contributed by atoms with Gasteiger partial charge in [-0.2, -0.15) is 0 Å². The highest BCUT2D eigenvalue weighted by Crippen LogP contribution is 2.18. The fourth-order valence-corrected chi connectivity index (χ4v) is 2.63. The molecule has 1 aliphatic rings. The Hall–Kier alpha value is -1.59. The number of para-hydroxylation sites is 1. The number of hydrogen-bond donors (Lipinski definition) is 2. The maximum atomic E-state index is 11.6. The van der Waals surface area contributed by atoms with Crippen molar-refractivity contribution in [1.29, 1.82) is 0 Å². The Bertz CT molecular complexity index is 450. The van der Waals surface area contributed by atoms with Crippen LogP contribution in [-0.2, 0) is 0 Å². The van der Waals surface area contributed by atoms with Crippen molar-refractivity contribution >= 4 is 5.91 Å². The van der Waals surface area contributed by atoms with Gasteiger partial charge in [0.1, 0.15) is 12.4 Å². The van der Waals surface area contributed by atoms with Crippen LogP contribution in [0.3, 0.4) is 0 Å². The minimum Gasteiger partial charge on any atom is -0.491 e. The SMILES string of the molecule is CC1CCCN(CCOc2ccccc2C(=O)NN)C1. The molecule has 0 saturated carbocycles. The Balaban J connectivity index is 1.86. The zero-order chi connectivity index (χ0) is 14.4. The first-order valence-electron chi connectivity index (χ1n) is 7.16. The molecular formula is C15H23N3O2. The van der Waals surface area contributed by atoms with Crippen LogP contribution >= 0.6 is 0 Å². The van der Waals surface area contributed by atoms with Crippen LogP contribution in [0.25, 0.3) is 0 Å². The summed E-state index contributed by atoms with van der Waals surface area (Å²) in [4.78, 5) is 14.0. The summed E-state index contributed by atoms with van der Waals surface area (Å²) in [5.41, 5.74) is 2.61. The van der Waals surface area contributed by atoms with Crippen LogP contribution in [0, 0.1) is 5.92 Å². The van der Waals surface area contributed by atoms with E-state index in [-0.39, 0.29) is 5.91 Å². The van der Waals surface area contributed by atoms with Crippen molar-refractivity contribution in [3.63, 3.8) is 0 Å². The second-order valence-electron chi connectivity index (χ2n) is 5.37. The van der Waals surface area contributed by atoms with Crippen LogP contribution < -0.4 is 16.0 Å². The molecule has 1 aromatic rings. The van der Waals surface area contributed by atoms with Crippen LogP contribution in [0.1, 0.15) is 30.1 Å². The van der Waals surface area contributed by atoms with Crippen molar-refractivity contribution in [1.82, 2.24) is 10.3 Å². The lowest BCUT2D eigenvalue weighted by molar-refractivity contribution is 0.0948. The quantitative estimate of drug-likeness (QED) is 0.485. The lowest BCUT2D eigenvalue weighted by Gasteiger charge is -2.30. The fourth-order valence-electron chi connectivity index (χ4n) is 2.63. The molecule has 0 radical (unpaired) electrons. The molecular weight excluding hydrogens is 254 g/mol. The normalized spacial score (nSPS) is 19.6. The highest BCUT2D eigenvalue weighted by atomic mass is 16.5. The van der Waals surface area contributed by atoms with Gasteiger partial charge in [-0.3, -0.25) is 15.1 Å². The van der Waals surface area contributed by atoms with E-state index in [0.29, 0.717) is 17.9 Å². The summed E-state index contributed by atoms with van der Waals surface area (Å²) in [6.45, 7) is 6.03. The van der Waals surface area contributed by atoms with Gasteiger partial charge in [0, 0.05) is 13.1 Å². The lowest BCUT2D eigenvalue weighted by Crippen LogP contribution is -2.37. The van der Waals surface area contributed by atoms with Gasteiger partial charge in [-0.25, -0.2) is 5.84 Å². The van der Waals surface area contributed by atoms with Gasteiger partial charge >= 0.3 is 0 Å². The highest BCUT2D eigenvalue weighted by molar-refractivity contribution is 5.96. The van der Waals surface area contributed by atoms with E-state index >= 15 is 0 Å². The van der Waals surface area contributed by atoms with Gasteiger partial charge in [-0.1, -0.05) is 19.1 Å². The van der Waals surface area contributed by atoms with Crippen molar-refractivity contribution in [2.75, 3.05) is 26.2 Å². The zero-order valence-corrected chi connectivity index (χ0v) is 12.0. The van der Waals surface area contributed by atoms with E-state index in [2.05, 4.69) is 17.2 Å². The molecule has 1 saturated heterocycles. The number of ether oxygens (including phenoxy) is 1. The molecule has 1 atom stereocenters. The standard InChI is InChI=1S/C15H23N3O2/c1-12-5-4-8-18(11-12)9-10-20-14-7-3-2-6-13(14)15(19)17-16/h2-3,6-7,12H,4-5,8-11,16H2,1H3,(H,17,19). The van der Waals surface area contributed by atoms with E-state index in [1.807, 2.05) is 6.07 Å². The largest absolute Gasteiger partial charge is 0.491 e. The van der Waals surface area contributed by atoms with Crippen molar-refractivity contribution in [2.24, 2.45) is 11.8 Å². The molecule has 0 aliphatic carbocycles. The van der Waals surface area contributed by atoms with E-state index < -0.39 is 0 Å². The van der Waals surface area contributed by atoms with E-state index in [0.717, 1.165) is 25.6 Å². The van der Waals surface area contributed by atoms with Crippen molar-refractivity contribution in [3.05, 3.63) is 29.8 Å². The Labute approximate surface area is 120 Å². The topological polar surface area (TPSA) is 67.6 Å². The van der Waals surface area contributed by atoms with Gasteiger partial charge in [-0.05, 0) is 37.4 Å². The first-order chi connectivity index (χ1) is 9.70. The average molecular weight is 277 g/mol. The van der Waals surface area contributed by atoms with E-state index in [4.69, 9.17) is 10.6 Å². The molecule has 0 aromatic heterocycles. The molecule has 1 aliphatic heterocycles. The van der Waals surface area contributed by atoms with E-state index in [1.54, 1.807) is 18.2 Å². The molecule has 0 spiro atoms. The molecule has 1 amide bonds. The van der Waals surface area contributed by atoms with E-state index in [1.165, 1.54) is 12.8 Å². The third-order valence-electron chi connectivity index (χ3n) is 3.67. The zero-order valence-electron chi connectivity index (χ0n) is 12.0. The van der Waals surface area contributed by atoms with Crippen LogP contribution in [0.4, 0.5) is 0 Å². The van der Waals surface area contributed by atoms with Crippen molar-refractivity contribution < 1.29 is 9.53 Å². The number of nitrogens with one attached hydrogen (secondary N) is 1. The molecule has 0 bridgehead atoms. The number of carbonyl (C=O) groups excluding carboxylic acids is 1.